The van der Waals surface area contributed by atoms with Crippen LogP contribution in [0.4, 0.5) is 14.6 Å². The number of carbonyl (C=O) groups is 1. The molecule has 212 valence electrons. The molecule has 0 amide bonds. The monoisotopic (exact) mass is 571 g/mol. The summed E-state index contributed by atoms with van der Waals surface area (Å²) in [6.07, 6.45) is 3.79. The summed E-state index contributed by atoms with van der Waals surface area (Å²) in [4.78, 5) is 26.8. The fourth-order valence-corrected chi connectivity index (χ4v) is 5.75. The van der Waals surface area contributed by atoms with Gasteiger partial charge in [0.25, 0.3) is 0 Å². The summed E-state index contributed by atoms with van der Waals surface area (Å²) in [5.41, 5.74) is 0.603. The number of esters is 1. The molecule has 2 N–H and O–H groups in total. The first-order valence-electron chi connectivity index (χ1n) is 12.8. The van der Waals surface area contributed by atoms with Crippen LogP contribution in [0.3, 0.4) is 0 Å². The van der Waals surface area contributed by atoms with Gasteiger partial charge in [-0.05, 0) is 37.8 Å². The summed E-state index contributed by atoms with van der Waals surface area (Å²) in [5.74, 6) is -2.52. The zero-order valence-corrected chi connectivity index (χ0v) is 23.7. The normalized spacial score (nSPS) is 12.9. The van der Waals surface area contributed by atoms with E-state index >= 15 is 4.39 Å². The number of hydrogen-bond donors (Lipinski definition) is 2. The van der Waals surface area contributed by atoms with E-state index in [4.69, 9.17) is 4.74 Å². The zero-order valence-electron chi connectivity index (χ0n) is 22.9. The third kappa shape index (κ3) is 5.67. The molecule has 4 rings (SSSR count). The van der Waals surface area contributed by atoms with Crippen molar-refractivity contribution >= 4 is 32.7 Å². The number of fused-ring (bicyclic) bond motifs is 1. The smallest absolute Gasteiger partial charge is 0.307 e. The van der Waals surface area contributed by atoms with Gasteiger partial charge >= 0.3 is 5.97 Å². The van der Waals surface area contributed by atoms with E-state index in [9.17, 15) is 17.6 Å². The topological polar surface area (TPSA) is 127 Å². The third-order valence-electron chi connectivity index (χ3n) is 7.04. The number of halogens is 2. The Labute approximate surface area is 231 Å². The summed E-state index contributed by atoms with van der Waals surface area (Å²) in [5, 5.41) is 2.96. The molecule has 40 heavy (non-hydrogen) atoms. The third-order valence-corrected chi connectivity index (χ3v) is 8.87. The Bertz CT molecular complexity index is 1650. The van der Waals surface area contributed by atoms with Crippen LogP contribution in [0.1, 0.15) is 46.1 Å². The highest BCUT2D eigenvalue weighted by atomic mass is 32.2. The molecule has 1 aromatic carbocycles. The van der Waals surface area contributed by atoms with Gasteiger partial charge in [0, 0.05) is 17.8 Å². The Kier molecular flexibility index (Phi) is 8.20. The number of carbonyl (C=O) groups excluding carboxylic acids is 1. The maximum atomic E-state index is 15.2. The number of ether oxygens (including phenoxy) is 1. The van der Waals surface area contributed by atoms with Crippen molar-refractivity contribution < 1.29 is 26.7 Å². The lowest BCUT2D eigenvalue weighted by Crippen LogP contribution is -2.38. The minimum atomic E-state index is -4.32. The Morgan fingerprint density at radius 1 is 1.10 bits per heavy atom. The van der Waals surface area contributed by atoms with Gasteiger partial charge in [-0.25, -0.2) is 32.2 Å². The van der Waals surface area contributed by atoms with Gasteiger partial charge < -0.3 is 15.0 Å². The molecule has 9 nitrogen and oxygen atoms in total. The highest BCUT2D eigenvalue weighted by molar-refractivity contribution is 7.91. The highest BCUT2D eigenvalue weighted by Gasteiger charge is 2.32. The van der Waals surface area contributed by atoms with Crippen LogP contribution in [0.5, 0.6) is 0 Å². The minimum Gasteiger partial charge on any atom is -0.466 e. The van der Waals surface area contributed by atoms with Crippen LogP contribution in [0.25, 0.3) is 22.4 Å². The molecule has 0 spiro atoms. The lowest BCUT2D eigenvalue weighted by molar-refractivity contribution is -0.144. The van der Waals surface area contributed by atoms with Gasteiger partial charge in [-0.3, -0.25) is 4.79 Å². The van der Waals surface area contributed by atoms with Crippen LogP contribution in [0, 0.1) is 24.0 Å². The van der Waals surface area contributed by atoms with Gasteiger partial charge in [0.15, 0.2) is 23.3 Å². The fraction of sp³-hybridized carbons (Fsp3) is 0.357. The minimum absolute atomic E-state index is 0.0331. The van der Waals surface area contributed by atoms with Gasteiger partial charge in [-0.2, -0.15) is 0 Å². The number of nitrogens with zero attached hydrogens (tertiary/aromatic N) is 3. The van der Waals surface area contributed by atoms with Crippen molar-refractivity contribution in [1.29, 1.82) is 0 Å². The van der Waals surface area contributed by atoms with Gasteiger partial charge in [-0.1, -0.05) is 38.5 Å². The number of rotatable bonds is 10. The van der Waals surface area contributed by atoms with Crippen LogP contribution >= 0.6 is 0 Å². The van der Waals surface area contributed by atoms with E-state index < -0.39 is 43.8 Å². The van der Waals surface area contributed by atoms with Crippen LogP contribution in [-0.4, -0.2) is 47.0 Å². The van der Waals surface area contributed by atoms with Gasteiger partial charge in [0.2, 0.25) is 9.84 Å². The second-order valence-corrected chi connectivity index (χ2v) is 12.0. The predicted molar refractivity (Wildman–Crippen MR) is 146 cm³/mol. The van der Waals surface area contributed by atoms with Crippen LogP contribution < -0.4 is 5.32 Å². The first-order valence-corrected chi connectivity index (χ1v) is 14.3. The second-order valence-electron chi connectivity index (χ2n) is 10.1. The van der Waals surface area contributed by atoms with E-state index in [1.807, 2.05) is 27.7 Å². The average molecular weight is 572 g/mol. The van der Waals surface area contributed by atoms with Crippen molar-refractivity contribution in [3.63, 3.8) is 0 Å². The Hall–Kier alpha value is -3.93. The molecule has 0 saturated carbocycles. The van der Waals surface area contributed by atoms with Gasteiger partial charge in [0.05, 0.1) is 35.7 Å². The number of pyridine rings is 1. The zero-order chi connectivity index (χ0) is 29.2. The van der Waals surface area contributed by atoms with Crippen LogP contribution in [0.15, 0.2) is 52.6 Å². The molecule has 0 bridgehead atoms. The lowest BCUT2D eigenvalue weighted by Gasteiger charge is -2.34. The van der Waals surface area contributed by atoms with E-state index in [0.717, 1.165) is 18.0 Å². The molecule has 3 heterocycles. The summed E-state index contributed by atoms with van der Waals surface area (Å²) in [7, 11) is -4.32. The molecular formula is C28H31F2N5O4S. The molecule has 1 unspecified atom stereocenters. The number of aromatic amines is 1. The van der Waals surface area contributed by atoms with Gasteiger partial charge in [0.1, 0.15) is 10.5 Å². The molecule has 0 radical (unpaired) electrons. The Morgan fingerprint density at radius 2 is 1.77 bits per heavy atom. The molecule has 3 aromatic heterocycles. The number of hydrogen-bond acceptors (Lipinski definition) is 8. The van der Waals surface area contributed by atoms with E-state index in [-0.39, 0.29) is 46.2 Å². The average Bonchev–Trinajstić information content (AvgIpc) is 3.33. The number of aromatic nitrogens is 4. The number of nitrogens with one attached hydrogen (secondary N) is 2. The van der Waals surface area contributed by atoms with Crippen molar-refractivity contribution in [2.24, 2.45) is 5.41 Å². The number of sulfone groups is 1. The molecule has 0 aliphatic heterocycles. The number of benzene rings is 1. The summed E-state index contributed by atoms with van der Waals surface area (Å²) < 4.78 is 62.5. The molecular weight excluding hydrogens is 540 g/mol. The fourth-order valence-electron chi connectivity index (χ4n) is 4.24. The maximum Gasteiger partial charge on any atom is 0.307 e. The standard InChI is InChI=1S/C28H31F2N5O4S/c1-6-28(4,5)21(12-22(36)39-7-2)34-26-20(30)15-32-25(35-26)18-13-31-27-23(18)24(19(29)14-33-27)40(37,38)17-10-8-16(3)9-11-17/h8-11,13-15,21H,6-7,12H2,1-5H3,(H,31,33)(H,32,34,35). The summed E-state index contributed by atoms with van der Waals surface area (Å²) in [6, 6.07) is 5.49. The van der Waals surface area contributed by atoms with Crippen LogP contribution in [-0.2, 0) is 19.4 Å². The molecule has 0 saturated heterocycles. The van der Waals surface area contributed by atoms with E-state index in [1.54, 1.807) is 19.1 Å². The highest BCUT2D eigenvalue weighted by Crippen LogP contribution is 2.36. The van der Waals surface area contributed by atoms with E-state index in [2.05, 4.69) is 25.3 Å². The van der Waals surface area contributed by atoms with Crippen molar-refractivity contribution in [2.45, 2.75) is 63.3 Å². The molecule has 0 aliphatic rings. The van der Waals surface area contributed by atoms with Crippen molar-refractivity contribution in [3.05, 3.63) is 60.1 Å². The first kappa shape index (κ1) is 29.1. The first-order chi connectivity index (χ1) is 18.9. The quantitative estimate of drug-likeness (QED) is 0.235. The number of anilines is 1. The number of aryl methyl sites for hydroxylation is 1. The molecule has 4 aromatic rings. The number of H-pyrrole nitrogens is 1. The lowest BCUT2D eigenvalue weighted by atomic mass is 9.80. The predicted octanol–water partition coefficient (Wildman–Crippen LogP) is 5.61. The van der Waals surface area contributed by atoms with Crippen molar-refractivity contribution in [1.82, 2.24) is 19.9 Å². The largest absolute Gasteiger partial charge is 0.466 e. The van der Waals surface area contributed by atoms with Crippen LogP contribution in [0.2, 0.25) is 0 Å². The Balaban J connectivity index is 1.83. The van der Waals surface area contributed by atoms with Crippen molar-refractivity contribution in [3.8, 4) is 11.4 Å². The van der Waals surface area contributed by atoms with Gasteiger partial charge in [-0.15, -0.1) is 0 Å². The van der Waals surface area contributed by atoms with Crippen molar-refractivity contribution in [2.75, 3.05) is 11.9 Å². The van der Waals surface area contributed by atoms with E-state index in [1.165, 1.54) is 18.3 Å². The molecule has 1 atom stereocenters. The Morgan fingerprint density at radius 3 is 2.42 bits per heavy atom. The van der Waals surface area contributed by atoms with E-state index in [0.29, 0.717) is 6.42 Å². The summed E-state index contributed by atoms with van der Waals surface area (Å²) in [6.45, 7) is 9.53. The maximum absolute atomic E-state index is 15.2. The second kappa shape index (κ2) is 11.3. The molecule has 0 aliphatic carbocycles. The SMILES string of the molecule is CCOC(=O)CC(Nc1nc(-c2c[nH]c3ncc(F)c(S(=O)(=O)c4ccc(C)cc4)c23)ncc1F)C(C)(C)CC. The molecule has 12 heteroatoms. The summed E-state index contributed by atoms with van der Waals surface area (Å²) >= 11 is 0. The molecule has 0 fully saturated rings.